The smallest absolute Gasteiger partial charge is 0.260 e. The van der Waals surface area contributed by atoms with Crippen molar-refractivity contribution in [3.05, 3.63) is 47.4 Å². The van der Waals surface area contributed by atoms with E-state index >= 15 is 0 Å². The number of aromatic nitrogens is 1. The van der Waals surface area contributed by atoms with E-state index in [1.54, 1.807) is 0 Å². The van der Waals surface area contributed by atoms with Crippen molar-refractivity contribution >= 4 is 21.7 Å². The molecular weight excluding hydrogens is 325 g/mol. The number of nitrogens with zero attached hydrogens (tertiary/aromatic N) is 1. The second kappa shape index (κ2) is 6.31. The van der Waals surface area contributed by atoms with Gasteiger partial charge in [-0.2, -0.15) is 0 Å². The number of methoxy groups -OCH3 is 1. The van der Waals surface area contributed by atoms with E-state index < -0.39 is 21.7 Å². The summed E-state index contributed by atoms with van der Waals surface area (Å²) >= 11 is 0. The molecule has 0 fully saturated rings. The van der Waals surface area contributed by atoms with Gasteiger partial charge in [0.1, 0.15) is 17.4 Å². The minimum atomic E-state index is -3.97. The molecule has 122 valence electrons. The van der Waals surface area contributed by atoms with E-state index in [0.29, 0.717) is 0 Å². The lowest BCUT2D eigenvalue weighted by molar-refractivity contribution is 0.102. The van der Waals surface area contributed by atoms with Crippen LogP contribution in [-0.2, 0) is 10.0 Å². The number of anilines is 1. The van der Waals surface area contributed by atoms with Crippen LogP contribution in [0.1, 0.15) is 16.1 Å². The number of nitrogens with one attached hydrogen (secondary N) is 1. The van der Waals surface area contributed by atoms with Gasteiger partial charge < -0.3 is 10.1 Å². The van der Waals surface area contributed by atoms with Crippen molar-refractivity contribution in [3.8, 4) is 5.75 Å². The molecule has 23 heavy (non-hydrogen) atoms. The number of pyridine rings is 1. The fourth-order valence-electron chi connectivity index (χ4n) is 1.84. The van der Waals surface area contributed by atoms with Crippen molar-refractivity contribution < 1.29 is 22.3 Å². The Hall–Kier alpha value is -2.52. The number of primary sulfonamides is 1. The summed E-state index contributed by atoms with van der Waals surface area (Å²) in [5, 5.41) is 7.50. The molecule has 0 saturated heterocycles. The normalized spacial score (nSPS) is 11.1. The Labute approximate surface area is 132 Å². The quantitative estimate of drug-likeness (QED) is 0.875. The van der Waals surface area contributed by atoms with Gasteiger partial charge in [-0.3, -0.25) is 4.79 Å². The van der Waals surface area contributed by atoms with Gasteiger partial charge in [0.05, 0.1) is 23.3 Å². The fourth-order valence-corrected chi connectivity index (χ4v) is 2.38. The fraction of sp³-hybridized carbons (Fsp3) is 0.143. The van der Waals surface area contributed by atoms with Crippen LogP contribution in [0, 0.1) is 12.7 Å². The molecule has 0 aliphatic heterocycles. The molecule has 0 aliphatic carbocycles. The Morgan fingerprint density at radius 3 is 2.57 bits per heavy atom. The molecule has 1 amide bonds. The summed E-state index contributed by atoms with van der Waals surface area (Å²) in [6.07, 6.45) is 0. The number of benzene rings is 1. The first-order chi connectivity index (χ1) is 10.7. The zero-order chi connectivity index (χ0) is 17.2. The number of rotatable bonds is 4. The van der Waals surface area contributed by atoms with Gasteiger partial charge in [0.25, 0.3) is 5.91 Å². The maximum Gasteiger partial charge on any atom is 0.260 e. The Bertz CT molecular complexity index is 868. The van der Waals surface area contributed by atoms with E-state index in [4.69, 9.17) is 9.88 Å². The molecule has 0 bridgehead atoms. The molecule has 0 saturated carbocycles. The van der Waals surface area contributed by atoms with Crippen LogP contribution in [0.15, 0.2) is 35.2 Å². The minimum absolute atomic E-state index is 0.0391. The molecule has 9 heteroatoms. The highest BCUT2D eigenvalue weighted by Crippen LogP contribution is 2.23. The van der Waals surface area contributed by atoms with E-state index in [0.717, 1.165) is 12.1 Å². The van der Waals surface area contributed by atoms with E-state index in [1.165, 1.54) is 32.2 Å². The summed E-state index contributed by atoms with van der Waals surface area (Å²) < 4.78 is 41.0. The first-order valence-corrected chi connectivity index (χ1v) is 7.92. The van der Waals surface area contributed by atoms with Gasteiger partial charge >= 0.3 is 0 Å². The zero-order valence-corrected chi connectivity index (χ0v) is 13.1. The Kier molecular flexibility index (Phi) is 4.62. The first kappa shape index (κ1) is 16.8. The number of halogens is 1. The van der Waals surface area contributed by atoms with E-state index in [-0.39, 0.29) is 27.7 Å². The van der Waals surface area contributed by atoms with Gasteiger partial charge in [-0.25, -0.2) is 22.9 Å². The van der Waals surface area contributed by atoms with Gasteiger partial charge in [0.15, 0.2) is 0 Å². The van der Waals surface area contributed by atoms with E-state index in [9.17, 15) is 17.6 Å². The van der Waals surface area contributed by atoms with Crippen LogP contribution in [0.3, 0.4) is 0 Å². The van der Waals surface area contributed by atoms with Crippen molar-refractivity contribution in [2.45, 2.75) is 11.8 Å². The van der Waals surface area contributed by atoms with E-state index in [2.05, 4.69) is 10.3 Å². The highest BCUT2D eigenvalue weighted by atomic mass is 32.2. The summed E-state index contributed by atoms with van der Waals surface area (Å²) in [5.41, 5.74) is 0.0795. The summed E-state index contributed by atoms with van der Waals surface area (Å²) in [7, 11) is -2.63. The second-order valence-corrected chi connectivity index (χ2v) is 6.19. The number of hydrogen-bond donors (Lipinski definition) is 2. The predicted octanol–water partition coefficient (Wildman–Crippen LogP) is 1.44. The van der Waals surface area contributed by atoms with Crippen molar-refractivity contribution in [2.75, 3.05) is 12.4 Å². The maximum absolute atomic E-state index is 13.2. The van der Waals surface area contributed by atoms with Crippen molar-refractivity contribution in [2.24, 2.45) is 5.14 Å². The SMILES string of the molecule is COc1ccc(S(N)(=O)=O)cc1C(=O)Nc1ccc(F)c(C)n1. The van der Waals surface area contributed by atoms with Gasteiger partial charge in [0.2, 0.25) is 10.0 Å². The first-order valence-electron chi connectivity index (χ1n) is 6.37. The lowest BCUT2D eigenvalue weighted by atomic mass is 10.2. The number of amides is 1. The lowest BCUT2D eigenvalue weighted by Gasteiger charge is -2.10. The average Bonchev–Trinajstić information content (AvgIpc) is 2.49. The van der Waals surface area contributed by atoms with Crippen LogP contribution in [0.25, 0.3) is 0 Å². The van der Waals surface area contributed by atoms with Crippen LogP contribution < -0.4 is 15.2 Å². The van der Waals surface area contributed by atoms with Gasteiger partial charge in [0, 0.05) is 0 Å². The van der Waals surface area contributed by atoms with Crippen LogP contribution in [-0.4, -0.2) is 26.4 Å². The Morgan fingerprint density at radius 1 is 1.30 bits per heavy atom. The molecule has 1 aromatic carbocycles. The summed E-state index contributed by atoms with van der Waals surface area (Å²) in [5.74, 6) is -0.881. The third kappa shape index (κ3) is 3.82. The molecule has 0 atom stereocenters. The molecule has 7 nitrogen and oxygen atoms in total. The lowest BCUT2D eigenvalue weighted by Crippen LogP contribution is -2.17. The summed E-state index contributed by atoms with van der Waals surface area (Å²) in [4.78, 5) is 16.0. The van der Waals surface area contributed by atoms with Crippen LogP contribution in [0.2, 0.25) is 0 Å². The number of sulfonamides is 1. The van der Waals surface area contributed by atoms with Crippen molar-refractivity contribution in [1.82, 2.24) is 4.98 Å². The van der Waals surface area contributed by atoms with Gasteiger partial charge in [-0.05, 0) is 37.3 Å². The van der Waals surface area contributed by atoms with Crippen molar-refractivity contribution in [1.29, 1.82) is 0 Å². The Balaban J connectivity index is 2.39. The van der Waals surface area contributed by atoms with Crippen LogP contribution in [0.4, 0.5) is 10.2 Å². The molecule has 3 N–H and O–H groups in total. The van der Waals surface area contributed by atoms with Crippen molar-refractivity contribution in [3.63, 3.8) is 0 Å². The molecular formula is C14H14FN3O4S. The molecule has 1 aromatic heterocycles. The molecule has 2 aromatic rings. The number of hydrogen-bond acceptors (Lipinski definition) is 5. The molecule has 0 radical (unpaired) electrons. The largest absolute Gasteiger partial charge is 0.496 e. The number of nitrogens with two attached hydrogens (primary N) is 1. The van der Waals surface area contributed by atoms with Gasteiger partial charge in [-0.15, -0.1) is 0 Å². The Morgan fingerprint density at radius 2 is 2.00 bits per heavy atom. The molecule has 1 heterocycles. The molecule has 0 unspecified atom stereocenters. The topological polar surface area (TPSA) is 111 Å². The second-order valence-electron chi connectivity index (χ2n) is 4.62. The maximum atomic E-state index is 13.2. The number of carbonyl (C=O) groups excluding carboxylic acids is 1. The zero-order valence-electron chi connectivity index (χ0n) is 12.3. The summed E-state index contributed by atoms with van der Waals surface area (Å²) in [6, 6.07) is 6.09. The highest BCUT2D eigenvalue weighted by molar-refractivity contribution is 7.89. The summed E-state index contributed by atoms with van der Waals surface area (Å²) in [6.45, 7) is 1.45. The number of carbonyl (C=O) groups is 1. The number of aryl methyl sites for hydroxylation is 1. The third-order valence-electron chi connectivity index (χ3n) is 3.01. The van der Waals surface area contributed by atoms with E-state index in [1.807, 2.05) is 0 Å². The average molecular weight is 339 g/mol. The third-order valence-corrected chi connectivity index (χ3v) is 3.92. The monoisotopic (exact) mass is 339 g/mol. The number of ether oxygens (including phenoxy) is 1. The van der Waals surface area contributed by atoms with Crippen LogP contribution in [0.5, 0.6) is 5.75 Å². The van der Waals surface area contributed by atoms with Gasteiger partial charge in [-0.1, -0.05) is 0 Å². The van der Waals surface area contributed by atoms with Crippen LogP contribution >= 0.6 is 0 Å². The molecule has 0 spiro atoms. The molecule has 2 rings (SSSR count). The standard InChI is InChI=1S/C14H14FN3O4S/c1-8-11(15)4-6-13(17-8)18-14(19)10-7-9(23(16,20)21)3-5-12(10)22-2/h3-7H,1-2H3,(H2,16,20,21)(H,17,18,19). The molecule has 0 aliphatic rings. The highest BCUT2D eigenvalue weighted by Gasteiger charge is 2.18. The minimum Gasteiger partial charge on any atom is -0.496 e. The predicted molar refractivity (Wildman–Crippen MR) is 81.3 cm³/mol.